The van der Waals surface area contributed by atoms with Crippen molar-refractivity contribution in [1.82, 2.24) is 0 Å². The lowest BCUT2D eigenvalue weighted by atomic mass is 10.1. The lowest BCUT2D eigenvalue weighted by molar-refractivity contribution is 0.0957. The number of carbonyl (C=O) groups is 2. The highest BCUT2D eigenvalue weighted by atomic mass is 19.1. The van der Waals surface area contributed by atoms with Crippen LogP contribution in [-0.2, 0) is 0 Å². The molecule has 0 amide bonds. The second kappa shape index (κ2) is 7.78. The molecule has 116 valence electrons. The van der Waals surface area contributed by atoms with E-state index in [1.54, 1.807) is 30.3 Å². The zero-order valence-electron chi connectivity index (χ0n) is 11.8. The summed E-state index contributed by atoms with van der Waals surface area (Å²) in [5.41, 5.74) is 0.262. The molecule has 22 heavy (non-hydrogen) atoms. The number of Topliss-reactive ketones (excluding diaryl/α,β-unsaturated/α-hetero) is 2. The normalized spacial score (nSPS) is 9.55. The van der Waals surface area contributed by atoms with Crippen LogP contribution in [0.25, 0.3) is 0 Å². The van der Waals surface area contributed by atoms with Crippen LogP contribution in [-0.4, -0.2) is 33.6 Å². The van der Waals surface area contributed by atoms with Crippen molar-refractivity contribution in [2.75, 3.05) is 6.67 Å². The van der Waals surface area contributed by atoms with E-state index < -0.39 is 29.7 Å². The van der Waals surface area contributed by atoms with Gasteiger partial charge < -0.3 is 15.3 Å². The van der Waals surface area contributed by atoms with Crippen LogP contribution < -0.4 is 0 Å². The second-order valence-corrected chi connectivity index (χ2v) is 4.34. The molecule has 0 atom stereocenters. The summed E-state index contributed by atoms with van der Waals surface area (Å²) in [7, 11) is 0. The van der Waals surface area contributed by atoms with Gasteiger partial charge in [-0.2, -0.15) is 0 Å². The van der Waals surface area contributed by atoms with Crippen molar-refractivity contribution in [3.05, 3.63) is 53.6 Å². The molecule has 0 unspecified atom stereocenters. The van der Waals surface area contributed by atoms with Crippen molar-refractivity contribution < 1.29 is 29.3 Å². The smallest absolute Gasteiger partial charge is 0.193 e. The SMILES string of the molecule is CC(=O)c1c(O)cc(O)cc1O.O=C(CF)c1ccccc1. The molecule has 0 saturated carbocycles. The Labute approximate surface area is 126 Å². The zero-order valence-corrected chi connectivity index (χ0v) is 11.8. The van der Waals surface area contributed by atoms with Crippen molar-refractivity contribution in [1.29, 1.82) is 0 Å². The Bertz CT molecular complexity index is 644. The highest BCUT2D eigenvalue weighted by Gasteiger charge is 2.13. The van der Waals surface area contributed by atoms with Crippen molar-refractivity contribution in [2.45, 2.75) is 6.92 Å². The number of hydrogen-bond donors (Lipinski definition) is 3. The lowest BCUT2D eigenvalue weighted by Gasteiger charge is -2.03. The molecule has 0 bridgehead atoms. The van der Waals surface area contributed by atoms with E-state index in [0.29, 0.717) is 5.56 Å². The van der Waals surface area contributed by atoms with Gasteiger partial charge in [0.05, 0.1) is 0 Å². The predicted molar refractivity (Wildman–Crippen MR) is 78.2 cm³/mol. The molecule has 0 aliphatic heterocycles. The van der Waals surface area contributed by atoms with Gasteiger partial charge in [-0.15, -0.1) is 0 Å². The van der Waals surface area contributed by atoms with Crippen molar-refractivity contribution in [3.63, 3.8) is 0 Å². The topological polar surface area (TPSA) is 94.8 Å². The van der Waals surface area contributed by atoms with Crippen LogP contribution in [0.5, 0.6) is 17.2 Å². The van der Waals surface area contributed by atoms with E-state index in [-0.39, 0.29) is 11.3 Å². The van der Waals surface area contributed by atoms with Crippen LogP contribution >= 0.6 is 0 Å². The molecular formula is C16H15FO5. The minimum atomic E-state index is -0.913. The lowest BCUT2D eigenvalue weighted by Crippen LogP contribution is -1.99. The third kappa shape index (κ3) is 4.59. The molecule has 0 aromatic heterocycles. The molecule has 2 rings (SSSR count). The van der Waals surface area contributed by atoms with Gasteiger partial charge in [-0.05, 0) is 6.92 Å². The standard InChI is InChI=1S/C8H7FO.C8H8O4/c9-6-8(10)7-4-2-1-3-5-7;1-4(9)8-6(11)2-5(10)3-7(8)12/h1-5H,6H2;2-3,10-12H,1H3. The molecule has 0 saturated heterocycles. The first-order valence-corrected chi connectivity index (χ1v) is 6.27. The van der Waals surface area contributed by atoms with Gasteiger partial charge in [0.15, 0.2) is 18.2 Å². The molecule has 0 radical (unpaired) electrons. The Morgan fingerprint density at radius 2 is 1.50 bits per heavy atom. The maximum atomic E-state index is 11.7. The zero-order chi connectivity index (χ0) is 16.7. The van der Waals surface area contributed by atoms with Gasteiger partial charge >= 0.3 is 0 Å². The number of aromatic hydroxyl groups is 3. The molecule has 3 N–H and O–H groups in total. The fourth-order valence-corrected chi connectivity index (χ4v) is 1.66. The van der Waals surface area contributed by atoms with Crippen molar-refractivity contribution in [2.24, 2.45) is 0 Å². The number of rotatable bonds is 3. The molecule has 0 aliphatic carbocycles. The number of phenolic OH excluding ortho intramolecular Hbond substituents is 3. The van der Waals surface area contributed by atoms with E-state index in [1.807, 2.05) is 0 Å². The van der Waals surface area contributed by atoms with E-state index >= 15 is 0 Å². The monoisotopic (exact) mass is 306 g/mol. The summed E-state index contributed by atoms with van der Waals surface area (Å²) in [6, 6.07) is 10.4. The summed E-state index contributed by atoms with van der Waals surface area (Å²) >= 11 is 0. The summed E-state index contributed by atoms with van der Waals surface area (Å²) in [5, 5.41) is 27.1. The molecule has 0 spiro atoms. The quantitative estimate of drug-likeness (QED) is 0.758. The first-order valence-electron chi connectivity index (χ1n) is 6.27. The molecule has 0 fully saturated rings. The summed E-state index contributed by atoms with van der Waals surface area (Å²) in [6.45, 7) is 0.301. The Kier molecular flexibility index (Phi) is 6.07. The minimum absolute atomic E-state index is 0.173. The third-order valence-corrected chi connectivity index (χ3v) is 2.65. The summed E-state index contributed by atoms with van der Waals surface area (Å²) in [6.07, 6.45) is 0. The van der Waals surface area contributed by atoms with Gasteiger partial charge in [0.25, 0.3) is 0 Å². The number of hydrogen-bond acceptors (Lipinski definition) is 5. The highest BCUT2D eigenvalue weighted by molar-refractivity contribution is 5.99. The van der Waals surface area contributed by atoms with Gasteiger partial charge in [0.2, 0.25) is 0 Å². The molecular weight excluding hydrogens is 291 g/mol. The van der Waals surface area contributed by atoms with E-state index in [9.17, 15) is 14.0 Å². The van der Waals surface area contributed by atoms with E-state index in [0.717, 1.165) is 12.1 Å². The number of phenols is 3. The Balaban J connectivity index is 0.000000224. The fraction of sp³-hybridized carbons (Fsp3) is 0.125. The summed E-state index contributed by atoms with van der Waals surface area (Å²) in [5.74, 6) is -2.03. The van der Waals surface area contributed by atoms with Crippen LogP contribution in [0.4, 0.5) is 4.39 Å². The van der Waals surface area contributed by atoms with Gasteiger partial charge in [-0.3, -0.25) is 9.59 Å². The van der Waals surface area contributed by atoms with Crippen LogP contribution in [0, 0.1) is 0 Å². The fourth-order valence-electron chi connectivity index (χ4n) is 1.66. The second-order valence-electron chi connectivity index (χ2n) is 4.34. The number of carbonyl (C=O) groups excluding carboxylic acids is 2. The number of alkyl halides is 1. The molecule has 2 aromatic rings. The third-order valence-electron chi connectivity index (χ3n) is 2.65. The Morgan fingerprint density at radius 1 is 1.00 bits per heavy atom. The van der Waals surface area contributed by atoms with Crippen molar-refractivity contribution in [3.8, 4) is 17.2 Å². The van der Waals surface area contributed by atoms with Crippen LogP contribution in [0.15, 0.2) is 42.5 Å². The van der Waals surface area contributed by atoms with Crippen LogP contribution in [0.1, 0.15) is 27.6 Å². The van der Waals surface area contributed by atoms with Gasteiger partial charge in [0, 0.05) is 17.7 Å². The van der Waals surface area contributed by atoms with Gasteiger partial charge in [0.1, 0.15) is 22.8 Å². The largest absolute Gasteiger partial charge is 0.508 e. The average Bonchev–Trinajstić information content (AvgIpc) is 2.46. The van der Waals surface area contributed by atoms with Crippen molar-refractivity contribution >= 4 is 11.6 Å². The highest BCUT2D eigenvalue weighted by Crippen LogP contribution is 2.31. The Morgan fingerprint density at radius 3 is 1.91 bits per heavy atom. The maximum absolute atomic E-state index is 11.7. The van der Waals surface area contributed by atoms with E-state index in [2.05, 4.69) is 0 Å². The van der Waals surface area contributed by atoms with Gasteiger partial charge in [-0.25, -0.2) is 4.39 Å². The number of halogens is 1. The molecule has 0 aliphatic rings. The number of ketones is 2. The molecule has 2 aromatic carbocycles. The molecule has 6 heteroatoms. The van der Waals surface area contributed by atoms with E-state index in [4.69, 9.17) is 15.3 Å². The first-order chi connectivity index (χ1) is 10.4. The Hall–Kier alpha value is -2.89. The summed E-state index contributed by atoms with van der Waals surface area (Å²) in [4.78, 5) is 21.4. The van der Waals surface area contributed by atoms with E-state index in [1.165, 1.54) is 6.92 Å². The maximum Gasteiger partial charge on any atom is 0.193 e. The number of benzene rings is 2. The minimum Gasteiger partial charge on any atom is -0.508 e. The predicted octanol–water partition coefficient (Wildman–Crippen LogP) is 2.84. The van der Waals surface area contributed by atoms with Gasteiger partial charge in [-0.1, -0.05) is 30.3 Å². The summed E-state index contributed by atoms with van der Waals surface area (Å²) < 4.78 is 11.7. The first kappa shape index (κ1) is 17.2. The molecule has 5 nitrogen and oxygen atoms in total. The molecule has 0 heterocycles. The average molecular weight is 306 g/mol. The van der Waals surface area contributed by atoms with Crippen LogP contribution in [0.3, 0.4) is 0 Å². The van der Waals surface area contributed by atoms with Crippen LogP contribution in [0.2, 0.25) is 0 Å².